The molecule has 164 valence electrons. The van der Waals surface area contributed by atoms with Crippen molar-refractivity contribution in [2.24, 2.45) is 0 Å². The first-order valence-corrected chi connectivity index (χ1v) is 13.3. The number of rotatable bonds is 5. The monoisotopic (exact) mass is 465 g/mol. The molecular formula is C23H23N5O2S2. The molecule has 0 saturated carbocycles. The number of aromatic nitrogens is 4. The highest BCUT2D eigenvalue weighted by molar-refractivity contribution is 7.99. The Balaban J connectivity index is 1.29. The summed E-state index contributed by atoms with van der Waals surface area (Å²) in [5.41, 5.74) is 6.32. The van der Waals surface area contributed by atoms with Crippen molar-refractivity contribution in [2.75, 3.05) is 12.8 Å². The second-order valence-electron chi connectivity index (χ2n) is 8.04. The summed E-state index contributed by atoms with van der Waals surface area (Å²) < 4.78 is 18.9. The Hall–Kier alpha value is -2.88. The number of nitrogens with zero attached hydrogens (tertiary/aromatic N) is 5. The molecule has 0 bridgehead atoms. The smallest absolute Gasteiger partial charge is 0.323 e. The normalized spacial score (nSPS) is 16.9. The van der Waals surface area contributed by atoms with E-state index in [0.29, 0.717) is 10.8 Å². The lowest BCUT2D eigenvalue weighted by Gasteiger charge is -2.33. The molecule has 1 aliphatic rings. The molecule has 0 N–H and O–H groups in total. The second kappa shape index (κ2) is 8.23. The molecule has 32 heavy (non-hydrogen) atoms. The van der Waals surface area contributed by atoms with E-state index in [1.54, 1.807) is 29.7 Å². The van der Waals surface area contributed by atoms with Crippen LogP contribution in [0.1, 0.15) is 29.8 Å². The molecule has 4 heterocycles. The maximum Gasteiger partial charge on any atom is 0.323 e. The van der Waals surface area contributed by atoms with Gasteiger partial charge in [-0.25, -0.2) is 15.0 Å². The molecule has 0 aliphatic carbocycles. The predicted octanol–water partition coefficient (Wildman–Crippen LogP) is 4.10. The zero-order valence-electron chi connectivity index (χ0n) is 17.9. The van der Waals surface area contributed by atoms with Crippen molar-refractivity contribution in [1.82, 2.24) is 24.8 Å². The third kappa shape index (κ3) is 4.23. The molecule has 3 aromatic heterocycles. The van der Waals surface area contributed by atoms with Crippen molar-refractivity contribution in [2.45, 2.75) is 30.8 Å². The summed E-state index contributed by atoms with van der Waals surface area (Å²) in [7, 11) is -2.30. The summed E-state index contributed by atoms with van der Waals surface area (Å²) >= 11 is 1.66. The van der Waals surface area contributed by atoms with Gasteiger partial charge in [-0.1, -0.05) is 6.07 Å². The van der Waals surface area contributed by atoms with Crippen LogP contribution >= 0.6 is 11.3 Å². The Morgan fingerprint density at radius 1 is 1.19 bits per heavy atom. The van der Waals surface area contributed by atoms with Gasteiger partial charge in [0.05, 0.1) is 21.4 Å². The van der Waals surface area contributed by atoms with Crippen molar-refractivity contribution in [3.8, 4) is 11.9 Å². The lowest BCUT2D eigenvalue weighted by atomic mass is 10.0. The van der Waals surface area contributed by atoms with Gasteiger partial charge in [0.1, 0.15) is 0 Å². The average molecular weight is 466 g/mol. The van der Waals surface area contributed by atoms with E-state index in [4.69, 9.17) is 4.74 Å². The van der Waals surface area contributed by atoms with Crippen LogP contribution in [-0.4, -0.2) is 47.7 Å². The van der Waals surface area contributed by atoms with E-state index in [9.17, 15) is 4.21 Å². The van der Waals surface area contributed by atoms with Gasteiger partial charge < -0.3 is 4.74 Å². The van der Waals surface area contributed by atoms with E-state index < -0.39 is 9.52 Å². The van der Waals surface area contributed by atoms with Gasteiger partial charge in [0.15, 0.2) is 0 Å². The van der Waals surface area contributed by atoms with Crippen LogP contribution in [0.15, 0.2) is 53.1 Å². The lowest BCUT2D eigenvalue weighted by molar-refractivity contribution is 0.189. The second-order valence-corrected chi connectivity index (χ2v) is 11.4. The van der Waals surface area contributed by atoms with Gasteiger partial charge in [0, 0.05) is 60.7 Å². The molecule has 1 aliphatic heterocycles. The van der Waals surface area contributed by atoms with Gasteiger partial charge >= 0.3 is 6.01 Å². The van der Waals surface area contributed by atoms with Gasteiger partial charge in [-0.05, 0) is 46.1 Å². The highest BCUT2D eigenvalue weighted by Gasteiger charge is 2.24. The molecule has 5 rings (SSSR count). The van der Waals surface area contributed by atoms with Gasteiger partial charge in [0.2, 0.25) is 5.88 Å². The Morgan fingerprint density at radius 2 is 2.06 bits per heavy atom. The topological polar surface area (TPSA) is 81.1 Å². The van der Waals surface area contributed by atoms with Crippen LogP contribution in [0.25, 0.3) is 10.2 Å². The minimum Gasteiger partial charge on any atom is -0.405 e. The third-order valence-electron chi connectivity index (χ3n) is 5.73. The van der Waals surface area contributed by atoms with E-state index in [1.807, 2.05) is 11.7 Å². The number of ether oxygens (including phenoxy) is 1. The number of benzene rings is 1. The molecule has 1 aromatic carbocycles. The summed E-state index contributed by atoms with van der Waals surface area (Å²) in [5, 5.41) is 0. The van der Waals surface area contributed by atoms with Crippen LogP contribution in [0, 0.1) is 0 Å². The summed E-state index contributed by atoms with van der Waals surface area (Å²) in [6.45, 7) is 3.92. The molecular weight excluding hydrogens is 442 g/mol. The van der Waals surface area contributed by atoms with Crippen LogP contribution in [-0.2, 0) is 22.5 Å². The predicted molar refractivity (Wildman–Crippen MR) is 128 cm³/mol. The molecule has 2 unspecified atom stereocenters. The number of pyridine rings is 1. The average Bonchev–Trinajstić information content (AvgIpc) is 3.26. The van der Waals surface area contributed by atoms with Crippen LogP contribution < -0.4 is 4.74 Å². The first-order chi connectivity index (χ1) is 15.4. The molecule has 0 amide bonds. The zero-order valence-corrected chi connectivity index (χ0v) is 19.5. The molecule has 7 nitrogen and oxygen atoms in total. The third-order valence-corrected chi connectivity index (χ3v) is 7.78. The first kappa shape index (κ1) is 21.0. The van der Waals surface area contributed by atoms with E-state index >= 15 is 0 Å². The Bertz CT molecular complexity index is 1380. The van der Waals surface area contributed by atoms with Crippen LogP contribution in [0.4, 0.5) is 0 Å². The summed E-state index contributed by atoms with van der Waals surface area (Å²) in [6, 6.07) is 10.4. The Labute approximate surface area is 191 Å². The highest BCUT2D eigenvalue weighted by Crippen LogP contribution is 2.30. The minimum atomic E-state index is -2.30. The van der Waals surface area contributed by atoms with Crippen LogP contribution in [0.5, 0.6) is 11.9 Å². The number of hydrogen-bond donors (Lipinski definition) is 0. The number of fused-ring (bicyclic) bond motifs is 2. The highest BCUT2D eigenvalue weighted by atomic mass is 32.2. The Morgan fingerprint density at radius 3 is 2.84 bits per heavy atom. The fraction of sp³-hybridized carbons (Fsp3) is 0.261. The molecule has 4 aromatic rings. The maximum absolute atomic E-state index is 12.0. The number of thiazole rings is 1. The standard InChI is InChI=1S/C23H23N5O2S2/c1-15(16-4-6-21-20(10-16)26-14-31-21)28-9-8-19-17(13-28)11-25-23(27-19)30-22-7-5-18(12-24-22)32(2,3)29/h4-7,10-12,14-15H,2,8-9,13H2,1,3H3. The quantitative estimate of drug-likeness (QED) is 0.411. The zero-order chi connectivity index (χ0) is 22.3. The molecule has 9 heteroatoms. The fourth-order valence-electron chi connectivity index (χ4n) is 3.82. The van der Waals surface area contributed by atoms with Crippen molar-refractivity contribution in [1.29, 1.82) is 0 Å². The summed E-state index contributed by atoms with van der Waals surface area (Å²) in [5.74, 6) is 4.03. The first-order valence-electron chi connectivity index (χ1n) is 10.2. The molecule has 0 spiro atoms. The van der Waals surface area contributed by atoms with Crippen molar-refractivity contribution in [3.05, 3.63) is 65.1 Å². The van der Waals surface area contributed by atoms with Gasteiger partial charge in [-0.15, -0.1) is 11.3 Å². The largest absolute Gasteiger partial charge is 0.405 e. The molecule has 0 saturated heterocycles. The van der Waals surface area contributed by atoms with Gasteiger partial charge in [-0.2, -0.15) is 4.98 Å². The SMILES string of the molecule is C=S(C)(=O)c1ccc(Oc2ncc3c(n2)CCN(C(C)c2ccc4scnc4c2)C3)nc1. The van der Waals surface area contributed by atoms with Crippen molar-refractivity contribution < 1.29 is 8.95 Å². The molecule has 0 radical (unpaired) electrons. The van der Waals surface area contributed by atoms with Gasteiger partial charge in [0.25, 0.3) is 0 Å². The minimum absolute atomic E-state index is 0.270. The summed E-state index contributed by atoms with van der Waals surface area (Å²) in [4.78, 5) is 20.7. The van der Waals surface area contributed by atoms with Crippen molar-refractivity contribution in [3.63, 3.8) is 0 Å². The van der Waals surface area contributed by atoms with Gasteiger partial charge in [-0.3, -0.25) is 9.11 Å². The van der Waals surface area contributed by atoms with E-state index in [-0.39, 0.29) is 12.1 Å². The Kier molecular flexibility index (Phi) is 5.40. The number of hydrogen-bond acceptors (Lipinski definition) is 8. The van der Waals surface area contributed by atoms with Crippen LogP contribution in [0.3, 0.4) is 0 Å². The lowest BCUT2D eigenvalue weighted by Crippen LogP contribution is -2.33. The molecule has 0 fully saturated rings. The summed E-state index contributed by atoms with van der Waals surface area (Å²) in [6.07, 6.45) is 5.76. The van der Waals surface area contributed by atoms with E-state index in [1.165, 1.54) is 16.5 Å². The van der Waals surface area contributed by atoms with Crippen molar-refractivity contribution >= 4 is 36.9 Å². The van der Waals surface area contributed by atoms with E-state index in [2.05, 4.69) is 55.8 Å². The van der Waals surface area contributed by atoms with Crippen LogP contribution in [0.2, 0.25) is 0 Å². The van der Waals surface area contributed by atoms with E-state index in [0.717, 1.165) is 36.3 Å². The maximum atomic E-state index is 12.0. The molecule has 2 atom stereocenters. The fourth-order valence-corrected chi connectivity index (χ4v) is 5.11.